The van der Waals surface area contributed by atoms with Gasteiger partial charge in [0.2, 0.25) is 5.91 Å². The summed E-state index contributed by atoms with van der Waals surface area (Å²) in [5, 5.41) is 7.54. The molecular formula is C28H31N5O3. The molecule has 1 fully saturated rings. The van der Waals surface area contributed by atoms with Gasteiger partial charge in [-0.05, 0) is 43.5 Å². The van der Waals surface area contributed by atoms with Gasteiger partial charge in [0.05, 0.1) is 12.5 Å². The zero-order valence-electron chi connectivity index (χ0n) is 20.7. The second-order valence-electron chi connectivity index (χ2n) is 9.63. The lowest BCUT2D eigenvalue weighted by atomic mass is 9.96. The lowest BCUT2D eigenvalue weighted by Crippen LogP contribution is -2.44. The Balaban J connectivity index is 1.32. The number of hydrogen-bond acceptors (Lipinski definition) is 4. The Morgan fingerprint density at radius 3 is 2.47 bits per heavy atom. The van der Waals surface area contributed by atoms with Crippen LogP contribution < -0.4 is 5.32 Å². The minimum absolute atomic E-state index is 0.0309. The Labute approximate surface area is 210 Å². The number of carbonyl (C=O) groups is 3. The molecule has 8 nitrogen and oxygen atoms in total. The van der Waals surface area contributed by atoms with Crippen LogP contribution in [0.5, 0.6) is 0 Å². The van der Waals surface area contributed by atoms with E-state index in [9.17, 15) is 14.4 Å². The van der Waals surface area contributed by atoms with Gasteiger partial charge >= 0.3 is 0 Å². The molecule has 186 valence electrons. The maximum Gasteiger partial charge on any atom is 0.274 e. The Morgan fingerprint density at radius 2 is 1.69 bits per heavy atom. The van der Waals surface area contributed by atoms with E-state index in [0.717, 1.165) is 35.3 Å². The fraction of sp³-hybridized carbons (Fsp3) is 0.357. The van der Waals surface area contributed by atoms with Gasteiger partial charge < -0.3 is 15.1 Å². The smallest absolute Gasteiger partial charge is 0.274 e. The molecule has 2 aromatic carbocycles. The van der Waals surface area contributed by atoms with Gasteiger partial charge in [-0.25, -0.2) is 0 Å². The fourth-order valence-electron chi connectivity index (χ4n) is 5.21. The summed E-state index contributed by atoms with van der Waals surface area (Å²) < 4.78 is 1.77. The third-order valence-corrected chi connectivity index (χ3v) is 7.23. The lowest BCUT2D eigenvalue weighted by Gasteiger charge is -2.32. The van der Waals surface area contributed by atoms with Crippen molar-refractivity contribution in [2.75, 3.05) is 25.0 Å². The fourth-order valence-corrected chi connectivity index (χ4v) is 5.21. The van der Waals surface area contributed by atoms with Gasteiger partial charge in [-0.15, -0.1) is 0 Å². The molecule has 0 saturated carbocycles. The molecule has 5 rings (SSSR count). The van der Waals surface area contributed by atoms with Gasteiger partial charge in [-0.2, -0.15) is 5.10 Å². The van der Waals surface area contributed by atoms with Gasteiger partial charge in [-0.3, -0.25) is 19.1 Å². The van der Waals surface area contributed by atoms with E-state index in [4.69, 9.17) is 0 Å². The highest BCUT2D eigenvalue weighted by atomic mass is 16.2. The van der Waals surface area contributed by atoms with Crippen molar-refractivity contribution >= 4 is 23.4 Å². The van der Waals surface area contributed by atoms with Crippen LogP contribution in [-0.4, -0.2) is 56.9 Å². The number of aromatic nitrogens is 2. The van der Waals surface area contributed by atoms with Crippen LogP contribution >= 0.6 is 0 Å². The maximum absolute atomic E-state index is 13.6. The number of fused-ring (bicyclic) bond motifs is 1. The molecule has 1 N–H and O–H groups in total. The normalized spacial score (nSPS) is 17.4. The molecule has 1 atom stereocenters. The SMILES string of the molecule is Cc1ccccc1C(=O)N1CCc2c(c(C(=O)N3CCC[C@@H](C(=O)Nc4ccccc4)C3)nn2C)C1. The molecule has 0 aliphatic carbocycles. The average Bonchev–Trinajstić information content (AvgIpc) is 3.24. The van der Waals surface area contributed by atoms with Gasteiger partial charge in [0.1, 0.15) is 0 Å². The Morgan fingerprint density at radius 1 is 0.944 bits per heavy atom. The number of rotatable bonds is 4. The highest BCUT2D eigenvalue weighted by Gasteiger charge is 2.34. The molecule has 0 radical (unpaired) electrons. The molecule has 2 aliphatic rings. The molecule has 0 spiro atoms. The first-order valence-electron chi connectivity index (χ1n) is 12.5. The predicted octanol–water partition coefficient (Wildman–Crippen LogP) is 3.42. The molecule has 3 aromatic rings. The van der Waals surface area contributed by atoms with Crippen molar-refractivity contribution in [3.63, 3.8) is 0 Å². The first-order valence-corrected chi connectivity index (χ1v) is 12.5. The highest BCUT2D eigenvalue weighted by molar-refractivity contribution is 5.98. The topological polar surface area (TPSA) is 87.5 Å². The van der Waals surface area contributed by atoms with Crippen LogP contribution in [0.3, 0.4) is 0 Å². The number of para-hydroxylation sites is 1. The summed E-state index contributed by atoms with van der Waals surface area (Å²) >= 11 is 0. The van der Waals surface area contributed by atoms with Crippen LogP contribution in [0.4, 0.5) is 5.69 Å². The summed E-state index contributed by atoms with van der Waals surface area (Å²) in [6.45, 7) is 3.81. The van der Waals surface area contributed by atoms with E-state index in [1.54, 1.807) is 14.5 Å². The number of aryl methyl sites for hydroxylation is 2. The van der Waals surface area contributed by atoms with Gasteiger partial charge in [0, 0.05) is 55.6 Å². The van der Waals surface area contributed by atoms with Crippen molar-refractivity contribution in [1.29, 1.82) is 0 Å². The average molecular weight is 486 g/mol. The van der Waals surface area contributed by atoms with Crippen LogP contribution in [0.25, 0.3) is 0 Å². The molecule has 8 heteroatoms. The van der Waals surface area contributed by atoms with Crippen LogP contribution in [0.15, 0.2) is 54.6 Å². The number of likely N-dealkylation sites (tertiary alicyclic amines) is 1. The summed E-state index contributed by atoms with van der Waals surface area (Å²) in [6, 6.07) is 16.9. The maximum atomic E-state index is 13.6. The third-order valence-electron chi connectivity index (χ3n) is 7.23. The van der Waals surface area contributed by atoms with Crippen molar-refractivity contribution < 1.29 is 14.4 Å². The quantitative estimate of drug-likeness (QED) is 0.614. The number of piperidine rings is 1. The van der Waals surface area contributed by atoms with E-state index >= 15 is 0 Å². The molecular weight excluding hydrogens is 454 g/mol. The largest absolute Gasteiger partial charge is 0.336 e. The first kappa shape index (κ1) is 23.8. The van der Waals surface area contributed by atoms with Crippen molar-refractivity contribution in [3.8, 4) is 0 Å². The van der Waals surface area contributed by atoms with Crippen molar-refractivity contribution in [2.24, 2.45) is 13.0 Å². The second-order valence-corrected chi connectivity index (χ2v) is 9.63. The van der Waals surface area contributed by atoms with Crippen LogP contribution in [-0.2, 0) is 24.8 Å². The van der Waals surface area contributed by atoms with Crippen molar-refractivity contribution in [1.82, 2.24) is 19.6 Å². The van der Waals surface area contributed by atoms with E-state index in [1.165, 1.54) is 0 Å². The van der Waals surface area contributed by atoms with Gasteiger partial charge in [0.25, 0.3) is 11.8 Å². The summed E-state index contributed by atoms with van der Waals surface area (Å²) in [7, 11) is 1.85. The number of amides is 3. The van der Waals surface area contributed by atoms with E-state index in [-0.39, 0.29) is 23.6 Å². The number of nitrogens with zero attached hydrogens (tertiary/aromatic N) is 4. The minimum atomic E-state index is -0.276. The minimum Gasteiger partial charge on any atom is -0.336 e. The molecule has 1 saturated heterocycles. The second kappa shape index (κ2) is 9.97. The molecule has 1 aromatic heterocycles. The zero-order valence-corrected chi connectivity index (χ0v) is 20.7. The monoisotopic (exact) mass is 485 g/mol. The number of anilines is 1. The number of carbonyl (C=O) groups excluding carboxylic acids is 3. The number of hydrogen-bond donors (Lipinski definition) is 1. The number of nitrogens with one attached hydrogen (secondary N) is 1. The van der Waals surface area contributed by atoms with Crippen molar-refractivity contribution in [2.45, 2.75) is 32.7 Å². The first-order chi connectivity index (χ1) is 17.4. The van der Waals surface area contributed by atoms with Gasteiger partial charge in [-0.1, -0.05) is 36.4 Å². The summed E-state index contributed by atoms with van der Waals surface area (Å²) in [4.78, 5) is 43.3. The third kappa shape index (κ3) is 4.63. The van der Waals surface area contributed by atoms with E-state index in [2.05, 4.69) is 10.4 Å². The molecule has 2 aliphatic heterocycles. The van der Waals surface area contributed by atoms with E-state index in [1.807, 2.05) is 68.6 Å². The summed E-state index contributed by atoms with van der Waals surface area (Å²) in [6.07, 6.45) is 2.14. The molecule has 36 heavy (non-hydrogen) atoms. The Hall–Kier alpha value is -3.94. The summed E-state index contributed by atoms with van der Waals surface area (Å²) in [5.41, 5.74) is 4.56. The standard InChI is InChI=1S/C28H31N5O3/c1-19-9-6-7-13-22(19)27(35)33-16-14-24-23(18-33)25(30-31(24)2)28(36)32-15-8-10-20(17-32)26(34)29-21-11-4-3-5-12-21/h3-7,9,11-13,20H,8,10,14-18H2,1-2H3,(H,29,34)/t20-/m1/s1. The highest BCUT2D eigenvalue weighted by Crippen LogP contribution is 2.27. The molecule has 3 amide bonds. The van der Waals surface area contributed by atoms with Crippen LogP contribution in [0.2, 0.25) is 0 Å². The van der Waals surface area contributed by atoms with Crippen LogP contribution in [0.1, 0.15) is 50.5 Å². The molecule has 3 heterocycles. The zero-order chi connectivity index (χ0) is 25.2. The van der Waals surface area contributed by atoms with Gasteiger partial charge in [0.15, 0.2) is 5.69 Å². The molecule has 0 bridgehead atoms. The van der Waals surface area contributed by atoms with Crippen LogP contribution in [0, 0.1) is 12.8 Å². The Kier molecular flexibility index (Phi) is 6.59. The Bertz CT molecular complexity index is 1300. The predicted molar refractivity (Wildman–Crippen MR) is 137 cm³/mol. The molecule has 0 unspecified atom stereocenters. The lowest BCUT2D eigenvalue weighted by molar-refractivity contribution is -0.121. The number of benzene rings is 2. The van der Waals surface area contributed by atoms with Crippen molar-refractivity contribution in [3.05, 3.63) is 82.7 Å². The summed E-state index contributed by atoms with van der Waals surface area (Å²) in [5.74, 6) is -0.552. The van der Waals surface area contributed by atoms with E-state index in [0.29, 0.717) is 43.9 Å². The van der Waals surface area contributed by atoms with E-state index < -0.39 is 0 Å².